The molecule has 2 saturated heterocycles. The number of carbonyl (C=O) groups is 1. The fourth-order valence-corrected chi connectivity index (χ4v) is 3.43. The van der Waals surface area contributed by atoms with E-state index in [2.05, 4.69) is 21.3 Å². The molecule has 0 bridgehead atoms. The number of halogens is 1. The van der Waals surface area contributed by atoms with E-state index in [4.69, 9.17) is 0 Å². The number of rotatable bonds is 4. The number of pyridine rings is 1. The second-order valence-electron chi connectivity index (χ2n) is 5.86. The molecule has 3 rings (SSSR count). The monoisotopic (exact) mass is 309 g/mol. The first-order chi connectivity index (χ1) is 9.84. The van der Waals surface area contributed by atoms with Crippen LogP contribution in [0, 0.1) is 0 Å². The van der Waals surface area contributed by atoms with Gasteiger partial charge in [0.1, 0.15) is 0 Å². The SMILES string of the molecule is Cl.O=C(CCC1CCCN1)N1CCCC1c1cccnc1. The van der Waals surface area contributed by atoms with Crippen molar-refractivity contribution in [2.24, 2.45) is 0 Å². The molecule has 1 N–H and O–H groups in total. The van der Waals surface area contributed by atoms with Crippen molar-refractivity contribution in [1.29, 1.82) is 0 Å². The van der Waals surface area contributed by atoms with E-state index in [1.165, 1.54) is 18.4 Å². The Morgan fingerprint density at radius 2 is 2.29 bits per heavy atom. The molecule has 2 aliphatic heterocycles. The number of likely N-dealkylation sites (tertiary alicyclic amines) is 1. The Morgan fingerprint density at radius 3 is 3.00 bits per heavy atom. The minimum Gasteiger partial charge on any atom is -0.336 e. The maximum absolute atomic E-state index is 12.5. The van der Waals surface area contributed by atoms with Gasteiger partial charge < -0.3 is 10.2 Å². The van der Waals surface area contributed by atoms with Gasteiger partial charge >= 0.3 is 0 Å². The van der Waals surface area contributed by atoms with Crippen LogP contribution in [0.2, 0.25) is 0 Å². The van der Waals surface area contributed by atoms with Crippen LogP contribution in [-0.4, -0.2) is 34.9 Å². The second kappa shape index (κ2) is 7.76. The van der Waals surface area contributed by atoms with Gasteiger partial charge in [-0.3, -0.25) is 9.78 Å². The summed E-state index contributed by atoms with van der Waals surface area (Å²) < 4.78 is 0. The standard InChI is InChI=1S/C16H23N3O.ClH/c20-16(8-7-14-5-2-10-18-14)19-11-3-6-15(19)13-4-1-9-17-12-13;/h1,4,9,12,14-15,18H,2-3,5-8,10-11H2;1H. The van der Waals surface area contributed by atoms with Gasteiger partial charge in [0.15, 0.2) is 0 Å². The van der Waals surface area contributed by atoms with Gasteiger partial charge in [-0.1, -0.05) is 6.07 Å². The predicted octanol–water partition coefficient (Wildman–Crippen LogP) is 2.70. The zero-order chi connectivity index (χ0) is 13.8. The van der Waals surface area contributed by atoms with Gasteiger partial charge in [-0.25, -0.2) is 0 Å². The second-order valence-corrected chi connectivity index (χ2v) is 5.86. The molecule has 21 heavy (non-hydrogen) atoms. The van der Waals surface area contributed by atoms with Crippen molar-refractivity contribution in [1.82, 2.24) is 15.2 Å². The normalized spacial score (nSPS) is 24.9. The molecule has 2 fully saturated rings. The fraction of sp³-hybridized carbons (Fsp3) is 0.625. The quantitative estimate of drug-likeness (QED) is 0.930. The van der Waals surface area contributed by atoms with Crippen LogP contribution in [0.25, 0.3) is 0 Å². The molecule has 116 valence electrons. The molecule has 0 radical (unpaired) electrons. The molecule has 1 aromatic heterocycles. The van der Waals surface area contributed by atoms with Crippen molar-refractivity contribution in [3.8, 4) is 0 Å². The average Bonchev–Trinajstić information content (AvgIpc) is 3.17. The zero-order valence-corrected chi connectivity index (χ0v) is 13.1. The van der Waals surface area contributed by atoms with E-state index in [1.807, 2.05) is 12.3 Å². The van der Waals surface area contributed by atoms with E-state index < -0.39 is 0 Å². The molecule has 2 aliphatic rings. The Hall–Kier alpha value is -1.13. The number of aromatic nitrogens is 1. The van der Waals surface area contributed by atoms with E-state index in [1.54, 1.807) is 6.20 Å². The van der Waals surface area contributed by atoms with Gasteiger partial charge in [-0.2, -0.15) is 0 Å². The van der Waals surface area contributed by atoms with Crippen molar-refractivity contribution >= 4 is 18.3 Å². The molecule has 0 saturated carbocycles. The maximum atomic E-state index is 12.5. The van der Waals surface area contributed by atoms with Crippen molar-refractivity contribution in [2.75, 3.05) is 13.1 Å². The van der Waals surface area contributed by atoms with Crippen molar-refractivity contribution < 1.29 is 4.79 Å². The number of hydrogen-bond donors (Lipinski definition) is 1. The maximum Gasteiger partial charge on any atom is 0.223 e. The van der Waals surface area contributed by atoms with Crippen LogP contribution in [-0.2, 0) is 4.79 Å². The van der Waals surface area contributed by atoms with Crippen LogP contribution in [0.4, 0.5) is 0 Å². The number of carbonyl (C=O) groups excluding carboxylic acids is 1. The van der Waals surface area contributed by atoms with Crippen LogP contribution in [0.3, 0.4) is 0 Å². The Bertz CT molecular complexity index is 448. The summed E-state index contributed by atoms with van der Waals surface area (Å²) in [4.78, 5) is 18.7. The van der Waals surface area contributed by atoms with E-state index in [-0.39, 0.29) is 18.4 Å². The van der Waals surface area contributed by atoms with Gasteiger partial charge in [0.25, 0.3) is 0 Å². The minimum atomic E-state index is 0. The highest BCUT2D eigenvalue weighted by Gasteiger charge is 2.30. The number of hydrogen-bond acceptors (Lipinski definition) is 3. The van der Waals surface area contributed by atoms with Gasteiger partial charge in [0.05, 0.1) is 6.04 Å². The third kappa shape index (κ3) is 3.95. The summed E-state index contributed by atoms with van der Waals surface area (Å²) in [5.74, 6) is 0.310. The summed E-state index contributed by atoms with van der Waals surface area (Å²) in [6.45, 7) is 2.01. The van der Waals surface area contributed by atoms with Crippen molar-refractivity contribution in [2.45, 2.75) is 50.6 Å². The summed E-state index contributed by atoms with van der Waals surface area (Å²) in [7, 11) is 0. The predicted molar refractivity (Wildman–Crippen MR) is 85.4 cm³/mol. The summed E-state index contributed by atoms with van der Waals surface area (Å²) in [6.07, 6.45) is 9.99. The molecular formula is C16H24ClN3O. The summed E-state index contributed by atoms with van der Waals surface area (Å²) in [5, 5.41) is 3.46. The number of nitrogens with one attached hydrogen (secondary N) is 1. The molecule has 1 amide bonds. The third-order valence-corrected chi connectivity index (χ3v) is 4.51. The Morgan fingerprint density at radius 1 is 1.38 bits per heavy atom. The van der Waals surface area contributed by atoms with Gasteiger partial charge in [0, 0.05) is 31.4 Å². The lowest BCUT2D eigenvalue weighted by molar-refractivity contribution is -0.132. The summed E-state index contributed by atoms with van der Waals surface area (Å²) in [5.41, 5.74) is 1.18. The Labute approximate surface area is 132 Å². The van der Waals surface area contributed by atoms with Crippen LogP contribution in [0.1, 0.15) is 50.1 Å². The first-order valence-electron chi connectivity index (χ1n) is 7.77. The van der Waals surface area contributed by atoms with Crippen LogP contribution >= 0.6 is 12.4 Å². The molecule has 4 nitrogen and oxygen atoms in total. The molecule has 2 unspecified atom stereocenters. The molecule has 3 heterocycles. The van der Waals surface area contributed by atoms with Crippen molar-refractivity contribution in [3.63, 3.8) is 0 Å². The smallest absolute Gasteiger partial charge is 0.223 e. The number of amides is 1. The lowest BCUT2D eigenvalue weighted by Gasteiger charge is -2.25. The molecule has 2 atom stereocenters. The first-order valence-corrected chi connectivity index (χ1v) is 7.77. The van der Waals surface area contributed by atoms with Gasteiger partial charge in [-0.15, -0.1) is 12.4 Å². The molecule has 1 aromatic rings. The van der Waals surface area contributed by atoms with Gasteiger partial charge in [-0.05, 0) is 50.3 Å². The van der Waals surface area contributed by atoms with Gasteiger partial charge in [0.2, 0.25) is 5.91 Å². The molecule has 0 spiro atoms. The highest BCUT2D eigenvalue weighted by Crippen LogP contribution is 2.32. The highest BCUT2D eigenvalue weighted by molar-refractivity contribution is 5.85. The molecule has 5 heteroatoms. The Balaban J connectivity index is 0.00000161. The summed E-state index contributed by atoms with van der Waals surface area (Å²) >= 11 is 0. The van der Waals surface area contributed by atoms with E-state index in [0.29, 0.717) is 18.4 Å². The molecular weight excluding hydrogens is 286 g/mol. The molecule has 0 aliphatic carbocycles. The largest absolute Gasteiger partial charge is 0.336 e. The average molecular weight is 310 g/mol. The van der Waals surface area contributed by atoms with Crippen LogP contribution in [0.15, 0.2) is 24.5 Å². The van der Waals surface area contributed by atoms with Crippen molar-refractivity contribution in [3.05, 3.63) is 30.1 Å². The van der Waals surface area contributed by atoms with Crippen LogP contribution in [0.5, 0.6) is 0 Å². The lowest BCUT2D eigenvalue weighted by atomic mass is 10.1. The highest BCUT2D eigenvalue weighted by atomic mass is 35.5. The van der Waals surface area contributed by atoms with Crippen LogP contribution < -0.4 is 5.32 Å². The summed E-state index contributed by atoms with van der Waals surface area (Å²) in [6, 6.07) is 4.84. The van der Waals surface area contributed by atoms with E-state index in [9.17, 15) is 4.79 Å². The molecule has 0 aromatic carbocycles. The minimum absolute atomic E-state index is 0. The zero-order valence-electron chi connectivity index (χ0n) is 12.3. The number of nitrogens with zero attached hydrogens (tertiary/aromatic N) is 2. The topological polar surface area (TPSA) is 45.2 Å². The Kier molecular flexibility index (Phi) is 6.00. The first kappa shape index (κ1) is 16.2. The third-order valence-electron chi connectivity index (χ3n) is 4.51. The van der Waals surface area contributed by atoms with E-state index >= 15 is 0 Å². The fourth-order valence-electron chi connectivity index (χ4n) is 3.43. The lowest BCUT2D eigenvalue weighted by Crippen LogP contribution is -2.32. The van der Waals surface area contributed by atoms with E-state index in [0.717, 1.165) is 32.4 Å².